The van der Waals surface area contributed by atoms with Crippen LogP contribution in [0.1, 0.15) is 74.1 Å². The van der Waals surface area contributed by atoms with Crippen LogP contribution in [0.25, 0.3) is 0 Å². The Morgan fingerprint density at radius 3 is 2.57 bits per heavy atom. The molecule has 246 valence electrons. The Bertz CT molecular complexity index is 1240. The second kappa shape index (κ2) is 11.3. The summed E-state index contributed by atoms with van der Waals surface area (Å²) in [6.45, 7) is 13.3. The first-order chi connectivity index (χ1) is 20.5. The number of rotatable bonds is 10. The molecular weight excluding hydrogens is 568 g/mol. The highest BCUT2D eigenvalue weighted by atomic mass is 16.6. The third-order valence-electron chi connectivity index (χ3n) is 12.4. The fraction of sp³-hybridized carbons (Fsp3) is 0.794. The van der Waals surface area contributed by atoms with E-state index in [9.17, 15) is 34.8 Å². The topological polar surface area (TPSA) is 160 Å². The highest BCUT2D eigenvalue weighted by Gasteiger charge is 2.83. The summed E-state index contributed by atoms with van der Waals surface area (Å²) in [5.41, 5.74) is -2.87. The van der Waals surface area contributed by atoms with Gasteiger partial charge < -0.3 is 34.6 Å². The number of ether oxygens (including phenoxy) is 3. The summed E-state index contributed by atoms with van der Waals surface area (Å²) in [5, 5.41) is 46.8. The van der Waals surface area contributed by atoms with E-state index in [1.54, 1.807) is 27.0 Å². The molecule has 0 aromatic heterocycles. The molecule has 44 heavy (non-hydrogen) atoms. The molecule has 2 heterocycles. The Morgan fingerprint density at radius 2 is 1.93 bits per heavy atom. The Labute approximate surface area is 259 Å². The van der Waals surface area contributed by atoms with Gasteiger partial charge in [0, 0.05) is 29.6 Å². The zero-order valence-electron chi connectivity index (χ0n) is 27.0. The molecule has 2 saturated heterocycles. The molecule has 0 aromatic rings. The van der Waals surface area contributed by atoms with Crippen molar-refractivity contribution in [2.45, 2.75) is 104 Å². The second-order valence-electron chi connectivity index (χ2n) is 14.8. The predicted octanol–water partition coefficient (Wildman–Crippen LogP) is 2.71. The predicted molar refractivity (Wildman–Crippen MR) is 158 cm³/mol. The molecule has 5 rings (SSSR count). The number of hydrogen-bond donors (Lipinski definition) is 4. The van der Waals surface area contributed by atoms with Gasteiger partial charge in [-0.05, 0) is 68.4 Å². The normalized spacial score (nSPS) is 44.9. The van der Waals surface area contributed by atoms with Crippen LogP contribution in [0.5, 0.6) is 0 Å². The Morgan fingerprint density at radius 1 is 1.25 bits per heavy atom. The third kappa shape index (κ3) is 4.49. The molecule has 13 atom stereocenters. The Hall–Kier alpha value is -2.11. The summed E-state index contributed by atoms with van der Waals surface area (Å²) < 4.78 is 17.5. The number of fused-ring (bicyclic) bond motifs is 1. The van der Waals surface area contributed by atoms with Crippen molar-refractivity contribution >= 4 is 17.5 Å². The zero-order valence-corrected chi connectivity index (χ0v) is 27.0. The van der Waals surface area contributed by atoms with Gasteiger partial charge in [0.2, 0.25) is 0 Å². The first-order valence-corrected chi connectivity index (χ1v) is 16.2. The van der Waals surface area contributed by atoms with Crippen molar-refractivity contribution in [3.05, 3.63) is 24.0 Å². The lowest BCUT2D eigenvalue weighted by Crippen LogP contribution is -2.77. The average molecular weight is 619 g/mol. The van der Waals surface area contributed by atoms with Gasteiger partial charge in [-0.15, -0.1) is 0 Å². The summed E-state index contributed by atoms with van der Waals surface area (Å²) in [6.07, 6.45) is 1.68. The minimum Gasteiger partial charge on any atom is -0.502 e. The molecule has 1 spiro atoms. The van der Waals surface area contributed by atoms with Gasteiger partial charge in [-0.3, -0.25) is 14.4 Å². The monoisotopic (exact) mass is 618 g/mol. The van der Waals surface area contributed by atoms with Crippen LogP contribution in [0, 0.1) is 52.3 Å². The summed E-state index contributed by atoms with van der Waals surface area (Å²) >= 11 is 0. The second-order valence-corrected chi connectivity index (χ2v) is 14.8. The standard InChI is InChI=1S/C34H50O10/c1-8-42-11-9-10-19(5)33(40,17(2)3)15-21(35)13-22-26-20(6)27(37)34(41)30-31(7)23(18(4)12-24(36)28(31)38)14-25(44-29(22)39)32(26,30)16-43-34/h9,11-12,17,19-20,22-23,25-28,30,37-38,40-41H,8,10,13-16H2,1-7H3/b11-9+/t19?,20-,22?,23+,25-,26?,27-,28-,30?,31-,32+,33?,34+/m1/s1. The fourth-order valence-corrected chi connectivity index (χ4v) is 10.2. The van der Waals surface area contributed by atoms with Gasteiger partial charge in [0.15, 0.2) is 11.6 Å². The van der Waals surface area contributed by atoms with E-state index in [1.807, 2.05) is 33.8 Å². The van der Waals surface area contributed by atoms with Crippen molar-refractivity contribution in [3.8, 4) is 0 Å². The Balaban J connectivity index is 1.50. The minimum atomic E-state index is -2.08. The van der Waals surface area contributed by atoms with Crippen molar-refractivity contribution in [1.29, 1.82) is 0 Å². The van der Waals surface area contributed by atoms with Crippen LogP contribution in [0.4, 0.5) is 0 Å². The van der Waals surface area contributed by atoms with Crippen LogP contribution in [0.15, 0.2) is 24.0 Å². The number of allylic oxidation sites excluding steroid dienone is 2. The van der Waals surface area contributed by atoms with E-state index < -0.39 is 81.9 Å². The highest BCUT2D eigenvalue weighted by Crippen LogP contribution is 2.74. The third-order valence-corrected chi connectivity index (χ3v) is 12.4. The molecule has 3 aliphatic carbocycles. The molecular formula is C34H50O10. The van der Waals surface area contributed by atoms with Gasteiger partial charge in [-0.2, -0.15) is 0 Å². The first-order valence-electron chi connectivity index (χ1n) is 16.2. The smallest absolute Gasteiger partial charge is 0.309 e. The molecule has 2 aliphatic heterocycles. The molecule has 10 heteroatoms. The van der Waals surface area contributed by atoms with Gasteiger partial charge in [0.25, 0.3) is 0 Å². The van der Waals surface area contributed by atoms with E-state index in [0.717, 1.165) is 5.57 Å². The van der Waals surface area contributed by atoms with Crippen LogP contribution >= 0.6 is 0 Å². The van der Waals surface area contributed by atoms with E-state index in [-0.39, 0.29) is 37.1 Å². The average Bonchev–Trinajstić information content (AvgIpc) is 3.25. The van der Waals surface area contributed by atoms with Gasteiger partial charge in [-0.25, -0.2) is 0 Å². The molecule has 4 N–H and O–H groups in total. The SMILES string of the molecule is CCO/C=C/CC(C)C(O)(CC(=O)CC1C(=O)O[C@@H]2C[C@H]3C(C)=CC(=O)[C@@H](O)[C@]3(C)C3[C@@]24CO[C@@]3(O)[C@H](O)[C@H](C)C14)C(C)C. The van der Waals surface area contributed by atoms with E-state index >= 15 is 0 Å². The maximum Gasteiger partial charge on any atom is 0.309 e. The number of Topliss-reactive ketones (excluding diaryl/α,β-unsaturated/α-hetero) is 1. The van der Waals surface area contributed by atoms with Gasteiger partial charge in [0.1, 0.15) is 24.1 Å². The lowest BCUT2D eigenvalue weighted by molar-refractivity contribution is -0.337. The number of esters is 1. The van der Waals surface area contributed by atoms with Gasteiger partial charge >= 0.3 is 5.97 Å². The van der Waals surface area contributed by atoms with Crippen LogP contribution in [0.3, 0.4) is 0 Å². The molecule has 0 radical (unpaired) electrons. The van der Waals surface area contributed by atoms with Gasteiger partial charge in [0.05, 0.1) is 31.0 Å². The molecule has 0 aromatic carbocycles. The minimum absolute atomic E-state index is 0.0476. The van der Waals surface area contributed by atoms with Crippen molar-refractivity contribution in [1.82, 2.24) is 0 Å². The van der Waals surface area contributed by atoms with E-state index in [1.165, 1.54) is 6.08 Å². The number of ketones is 2. The summed E-state index contributed by atoms with van der Waals surface area (Å²) in [4.78, 5) is 40.6. The van der Waals surface area contributed by atoms with E-state index in [2.05, 4.69) is 0 Å². The fourth-order valence-electron chi connectivity index (χ4n) is 10.2. The molecule has 2 bridgehead atoms. The van der Waals surface area contributed by atoms with Crippen molar-refractivity contribution in [2.75, 3.05) is 13.2 Å². The maximum atomic E-state index is 13.8. The number of carbonyl (C=O) groups excluding carboxylic acids is 3. The number of hydrogen-bond acceptors (Lipinski definition) is 10. The molecule has 5 unspecified atom stereocenters. The lowest BCUT2D eigenvalue weighted by atomic mass is 9.37. The van der Waals surface area contributed by atoms with Crippen molar-refractivity contribution in [3.63, 3.8) is 0 Å². The van der Waals surface area contributed by atoms with Crippen LogP contribution in [-0.4, -0.2) is 80.9 Å². The van der Waals surface area contributed by atoms with Crippen LogP contribution in [0.2, 0.25) is 0 Å². The molecule has 5 aliphatic rings. The van der Waals surface area contributed by atoms with Crippen molar-refractivity contribution in [2.24, 2.45) is 52.3 Å². The summed E-state index contributed by atoms with van der Waals surface area (Å²) in [7, 11) is 0. The van der Waals surface area contributed by atoms with E-state index in [0.29, 0.717) is 19.4 Å². The summed E-state index contributed by atoms with van der Waals surface area (Å²) in [5.74, 6) is -7.54. The highest BCUT2D eigenvalue weighted by molar-refractivity contribution is 5.96. The number of aliphatic hydroxyl groups excluding tert-OH is 2. The largest absolute Gasteiger partial charge is 0.502 e. The molecule has 10 nitrogen and oxygen atoms in total. The summed E-state index contributed by atoms with van der Waals surface area (Å²) in [6, 6.07) is 0. The number of aliphatic hydroxyl groups is 4. The Kier molecular flexibility index (Phi) is 8.54. The molecule has 2 saturated carbocycles. The number of carbonyl (C=O) groups is 3. The first kappa shape index (κ1) is 33.3. The van der Waals surface area contributed by atoms with Gasteiger partial charge in [-0.1, -0.05) is 40.2 Å². The quantitative estimate of drug-likeness (QED) is 0.212. The molecule has 4 fully saturated rings. The van der Waals surface area contributed by atoms with Crippen molar-refractivity contribution < 1.29 is 49.0 Å². The molecule has 0 amide bonds. The lowest BCUT2D eigenvalue weighted by Gasteiger charge is -2.68. The maximum absolute atomic E-state index is 13.8. The zero-order chi connectivity index (χ0) is 32.6. The van der Waals surface area contributed by atoms with Crippen LogP contribution in [-0.2, 0) is 28.6 Å². The van der Waals surface area contributed by atoms with E-state index in [4.69, 9.17) is 14.2 Å². The van der Waals surface area contributed by atoms with Crippen LogP contribution < -0.4 is 0 Å².